The Labute approximate surface area is 113 Å². The van der Waals surface area contributed by atoms with Crippen LogP contribution in [-0.2, 0) is 14.8 Å². The predicted octanol–water partition coefficient (Wildman–Crippen LogP) is 1.53. The van der Waals surface area contributed by atoms with Crippen LogP contribution in [0.5, 0.6) is 0 Å². The maximum absolute atomic E-state index is 11.9. The molecule has 0 spiro atoms. The minimum Gasteiger partial charge on any atom is -0.326 e. The summed E-state index contributed by atoms with van der Waals surface area (Å²) in [6.45, 7) is 2.04. The van der Waals surface area contributed by atoms with E-state index in [1.54, 1.807) is 12.1 Å². The molecule has 104 valence electrons. The molecule has 1 aromatic rings. The smallest absolute Gasteiger partial charge is 0.242 e. The van der Waals surface area contributed by atoms with E-state index in [0.29, 0.717) is 11.6 Å². The normalized spacial score (nSPS) is 22.3. The lowest BCUT2D eigenvalue weighted by Crippen LogP contribution is -2.22. The third-order valence-electron chi connectivity index (χ3n) is 3.35. The van der Waals surface area contributed by atoms with Gasteiger partial charge < -0.3 is 5.32 Å². The third-order valence-corrected chi connectivity index (χ3v) is 5.18. The first kappa shape index (κ1) is 14.0. The molecular weight excluding hydrogens is 264 g/mol. The van der Waals surface area contributed by atoms with Gasteiger partial charge in [0.15, 0.2) is 0 Å². The molecule has 2 unspecified atom stereocenters. The molecule has 1 aliphatic rings. The van der Waals surface area contributed by atoms with Crippen LogP contribution in [0.25, 0.3) is 0 Å². The van der Waals surface area contributed by atoms with E-state index in [0.717, 1.165) is 10.7 Å². The van der Waals surface area contributed by atoms with Crippen molar-refractivity contribution in [1.29, 1.82) is 0 Å². The molecule has 1 aromatic carbocycles. The number of nitrogens with zero attached hydrogens (tertiary/aromatic N) is 1. The van der Waals surface area contributed by atoms with Crippen LogP contribution in [0.1, 0.15) is 13.3 Å². The molecule has 1 saturated carbocycles. The molecule has 2 rings (SSSR count). The van der Waals surface area contributed by atoms with Gasteiger partial charge in [0.2, 0.25) is 15.9 Å². The Hall–Kier alpha value is -1.40. The number of anilines is 1. The summed E-state index contributed by atoms with van der Waals surface area (Å²) in [5.41, 5.74) is 0.627. The fourth-order valence-corrected chi connectivity index (χ4v) is 2.75. The molecule has 0 radical (unpaired) electrons. The van der Waals surface area contributed by atoms with Crippen LogP contribution < -0.4 is 5.32 Å². The quantitative estimate of drug-likeness (QED) is 0.910. The lowest BCUT2D eigenvalue weighted by Gasteiger charge is -2.12. The summed E-state index contributed by atoms with van der Waals surface area (Å²) in [7, 11) is -0.443. The zero-order valence-corrected chi connectivity index (χ0v) is 12.1. The van der Waals surface area contributed by atoms with Gasteiger partial charge in [-0.1, -0.05) is 6.92 Å². The fraction of sp³-hybridized carbons (Fsp3) is 0.462. The SMILES string of the molecule is CC1CC1C(=O)Nc1ccc(S(=O)(=O)N(C)C)cc1. The highest BCUT2D eigenvalue weighted by Crippen LogP contribution is 2.38. The Kier molecular flexibility index (Phi) is 3.64. The molecule has 6 heteroatoms. The highest BCUT2D eigenvalue weighted by atomic mass is 32.2. The van der Waals surface area contributed by atoms with Crippen LogP contribution in [-0.4, -0.2) is 32.7 Å². The second-order valence-electron chi connectivity index (χ2n) is 5.12. The summed E-state index contributed by atoms with van der Waals surface area (Å²) in [6, 6.07) is 6.23. The zero-order chi connectivity index (χ0) is 14.2. The number of hydrogen-bond acceptors (Lipinski definition) is 3. The standard InChI is InChI=1S/C13H18N2O3S/c1-9-8-12(9)13(16)14-10-4-6-11(7-5-10)19(17,18)15(2)3/h4-7,9,12H,8H2,1-3H3,(H,14,16). The lowest BCUT2D eigenvalue weighted by atomic mass is 10.3. The van der Waals surface area contributed by atoms with Crippen molar-refractivity contribution < 1.29 is 13.2 Å². The van der Waals surface area contributed by atoms with Crippen molar-refractivity contribution in [3.05, 3.63) is 24.3 Å². The van der Waals surface area contributed by atoms with Crippen LogP contribution in [0, 0.1) is 11.8 Å². The van der Waals surface area contributed by atoms with Gasteiger partial charge in [0, 0.05) is 25.7 Å². The van der Waals surface area contributed by atoms with E-state index < -0.39 is 10.0 Å². The van der Waals surface area contributed by atoms with E-state index in [9.17, 15) is 13.2 Å². The van der Waals surface area contributed by atoms with Gasteiger partial charge in [-0.25, -0.2) is 12.7 Å². The number of sulfonamides is 1. The molecule has 0 aromatic heterocycles. The van der Waals surface area contributed by atoms with Gasteiger partial charge in [-0.2, -0.15) is 0 Å². The van der Waals surface area contributed by atoms with E-state index in [-0.39, 0.29) is 16.7 Å². The second-order valence-corrected chi connectivity index (χ2v) is 7.27. The Morgan fingerprint density at radius 3 is 2.21 bits per heavy atom. The van der Waals surface area contributed by atoms with Crippen molar-refractivity contribution in [3.63, 3.8) is 0 Å². The van der Waals surface area contributed by atoms with Crippen LogP contribution >= 0.6 is 0 Å². The van der Waals surface area contributed by atoms with E-state index >= 15 is 0 Å². The van der Waals surface area contributed by atoms with Crippen LogP contribution in [0.2, 0.25) is 0 Å². The highest BCUT2D eigenvalue weighted by molar-refractivity contribution is 7.89. The summed E-state index contributed by atoms with van der Waals surface area (Å²) in [4.78, 5) is 12.0. The molecule has 19 heavy (non-hydrogen) atoms. The van der Waals surface area contributed by atoms with Gasteiger partial charge in [-0.3, -0.25) is 4.79 Å². The van der Waals surface area contributed by atoms with E-state index in [1.807, 2.05) is 6.92 Å². The molecule has 1 amide bonds. The average Bonchev–Trinajstić information content (AvgIpc) is 3.07. The maximum Gasteiger partial charge on any atom is 0.242 e. The summed E-state index contributed by atoms with van der Waals surface area (Å²) in [6.07, 6.45) is 0.929. The number of carbonyl (C=O) groups is 1. The van der Waals surface area contributed by atoms with Crippen LogP contribution in [0.4, 0.5) is 5.69 Å². The van der Waals surface area contributed by atoms with Crippen molar-refractivity contribution >= 4 is 21.6 Å². The van der Waals surface area contributed by atoms with E-state index in [4.69, 9.17) is 0 Å². The Morgan fingerprint density at radius 2 is 1.79 bits per heavy atom. The number of rotatable bonds is 4. The number of carbonyl (C=O) groups excluding carboxylic acids is 1. The topological polar surface area (TPSA) is 66.5 Å². The number of amides is 1. The highest BCUT2D eigenvalue weighted by Gasteiger charge is 2.39. The molecule has 0 bridgehead atoms. The summed E-state index contributed by atoms with van der Waals surface area (Å²) in [5, 5.41) is 2.79. The van der Waals surface area contributed by atoms with E-state index in [1.165, 1.54) is 26.2 Å². The van der Waals surface area contributed by atoms with Gasteiger partial charge in [0.1, 0.15) is 0 Å². The molecule has 0 aliphatic heterocycles. The number of benzene rings is 1. The van der Waals surface area contributed by atoms with Crippen molar-refractivity contribution in [1.82, 2.24) is 4.31 Å². The summed E-state index contributed by atoms with van der Waals surface area (Å²) < 4.78 is 24.9. The third kappa shape index (κ3) is 2.96. The van der Waals surface area contributed by atoms with Crippen LogP contribution in [0.3, 0.4) is 0 Å². The van der Waals surface area contributed by atoms with Gasteiger partial charge in [-0.15, -0.1) is 0 Å². The Balaban J connectivity index is 2.09. The molecule has 1 N–H and O–H groups in total. The molecule has 1 aliphatic carbocycles. The number of nitrogens with one attached hydrogen (secondary N) is 1. The second kappa shape index (κ2) is 4.94. The molecule has 0 heterocycles. The molecule has 0 saturated heterocycles. The molecule has 1 fully saturated rings. The molecule has 2 atom stereocenters. The number of hydrogen-bond donors (Lipinski definition) is 1. The first-order valence-corrected chi connectivity index (χ1v) is 7.60. The van der Waals surface area contributed by atoms with Gasteiger partial charge in [0.25, 0.3) is 0 Å². The van der Waals surface area contributed by atoms with Gasteiger partial charge >= 0.3 is 0 Å². The molecule has 5 nitrogen and oxygen atoms in total. The van der Waals surface area contributed by atoms with Crippen molar-refractivity contribution in [2.24, 2.45) is 11.8 Å². The zero-order valence-electron chi connectivity index (χ0n) is 11.3. The Bertz CT molecular complexity index is 578. The van der Waals surface area contributed by atoms with Crippen molar-refractivity contribution in [2.45, 2.75) is 18.2 Å². The van der Waals surface area contributed by atoms with Gasteiger partial charge in [0.05, 0.1) is 4.90 Å². The largest absolute Gasteiger partial charge is 0.326 e. The van der Waals surface area contributed by atoms with Crippen LogP contribution in [0.15, 0.2) is 29.2 Å². The van der Waals surface area contributed by atoms with Gasteiger partial charge in [-0.05, 0) is 36.6 Å². The summed E-state index contributed by atoms with van der Waals surface area (Å²) >= 11 is 0. The Morgan fingerprint density at radius 1 is 1.26 bits per heavy atom. The monoisotopic (exact) mass is 282 g/mol. The lowest BCUT2D eigenvalue weighted by molar-refractivity contribution is -0.117. The van der Waals surface area contributed by atoms with Crippen molar-refractivity contribution in [2.75, 3.05) is 19.4 Å². The maximum atomic E-state index is 11.9. The average molecular weight is 282 g/mol. The minimum atomic E-state index is -3.41. The minimum absolute atomic E-state index is 0.00992. The fourth-order valence-electron chi connectivity index (χ4n) is 1.84. The molecular formula is C13H18N2O3S. The summed E-state index contributed by atoms with van der Waals surface area (Å²) in [5.74, 6) is 0.564. The first-order valence-electron chi connectivity index (χ1n) is 6.16. The predicted molar refractivity (Wildman–Crippen MR) is 73.2 cm³/mol. The first-order chi connectivity index (χ1) is 8.82. The van der Waals surface area contributed by atoms with Crippen molar-refractivity contribution in [3.8, 4) is 0 Å². The van der Waals surface area contributed by atoms with E-state index in [2.05, 4.69) is 5.32 Å².